The van der Waals surface area contributed by atoms with Crippen molar-refractivity contribution in [1.82, 2.24) is 10.6 Å². The van der Waals surface area contributed by atoms with Gasteiger partial charge in [-0.25, -0.2) is 0 Å². The lowest BCUT2D eigenvalue weighted by atomic mass is 9.85. The molecule has 0 unspecified atom stereocenters. The van der Waals surface area contributed by atoms with Crippen molar-refractivity contribution in [3.63, 3.8) is 0 Å². The smallest absolute Gasteiger partial charge is 0.391 e. The molecule has 1 aromatic rings. The maximum absolute atomic E-state index is 12.7. The van der Waals surface area contributed by atoms with E-state index in [1.807, 2.05) is 6.07 Å². The molecular formula is C17H24ClF3IN3O. The molecule has 2 N–H and O–H groups in total. The lowest BCUT2D eigenvalue weighted by Gasteiger charge is -2.31. The van der Waals surface area contributed by atoms with Crippen LogP contribution in [0.25, 0.3) is 0 Å². The predicted octanol–water partition coefficient (Wildman–Crippen LogP) is 4.75. The predicted molar refractivity (Wildman–Crippen MR) is 109 cm³/mol. The van der Waals surface area contributed by atoms with E-state index < -0.39 is 12.1 Å². The Balaban J connectivity index is 0.00000338. The van der Waals surface area contributed by atoms with E-state index in [0.29, 0.717) is 36.1 Å². The molecule has 4 nitrogen and oxygen atoms in total. The third-order valence-corrected chi connectivity index (χ3v) is 4.69. The molecule has 0 aromatic heterocycles. The van der Waals surface area contributed by atoms with Crippen LogP contribution >= 0.6 is 35.6 Å². The minimum Gasteiger partial charge on any atom is -0.496 e. The van der Waals surface area contributed by atoms with Crippen LogP contribution in [0.2, 0.25) is 5.02 Å². The Morgan fingerprint density at radius 2 is 1.92 bits per heavy atom. The number of guanidine groups is 1. The second-order valence-electron chi connectivity index (χ2n) is 6.12. The molecule has 0 spiro atoms. The van der Waals surface area contributed by atoms with Gasteiger partial charge in [-0.1, -0.05) is 17.7 Å². The summed E-state index contributed by atoms with van der Waals surface area (Å²) in [6.45, 7) is 0.470. The van der Waals surface area contributed by atoms with Crippen molar-refractivity contribution in [1.29, 1.82) is 0 Å². The first-order chi connectivity index (χ1) is 11.8. The van der Waals surface area contributed by atoms with Gasteiger partial charge in [-0.2, -0.15) is 13.2 Å². The first kappa shape index (κ1) is 23.1. The highest BCUT2D eigenvalue weighted by molar-refractivity contribution is 14.0. The topological polar surface area (TPSA) is 45.7 Å². The van der Waals surface area contributed by atoms with Gasteiger partial charge in [0.15, 0.2) is 5.96 Å². The van der Waals surface area contributed by atoms with E-state index in [2.05, 4.69) is 15.6 Å². The maximum Gasteiger partial charge on any atom is 0.391 e. The maximum atomic E-state index is 12.7. The van der Waals surface area contributed by atoms with Crippen LogP contribution in [0.3, 0.4) is 0 Å². The van der Waals surface area contributed by atoms with E-state index in [1.165, 1.54) is 0 Å². The second kappa shape index (κ2) is 10.4. The summed E-state index contributed by atoms with van der Waals surface area (Å²) in [6, 6.07) is 5.36. The molecule has 9 heteroatoms. The van der Waals surface area contributed by atoms with Crippen LogP contribution in [0.5, 0.6) is 5.75 Å². The van der Waals surface area contributed by atoms with E-state index in [-0.39, 0.29) is 42.9 Å². The Labute approximate surface area is 173 Å². The van der Waals surface area contributed by atoms with Crippen molar-refractivity contribution in [3.8, 4) is 5.75 Å². The van der Waals surface area contributed by atoms with E-state index in [1.54, 1.807) is 26.3 Å². The highest BCUT2D eigenvalue weighted by Crippen LogP contribution is 2.37. The summed E-state index contributed by atoms with van der Waals surface area (Å²) in [7, 11) is 3.21. The molecule has 1 fully saturated rings. The number of halogens is 5. The molecule has 1 aliphatic rings. The minimum absolute atomic E-state index is 0. The molecule has 0 amide bonds. The number of rotatable bonds is 4. The average molecular weight is 506 g/mol. The number of nitrogens with one attached hydrogen (secondary N) is 2. The highest BCUT2D eigenvalue weighted by atomic mass is 127. The first-order valence-corrected chi connectivity index (χ1v) is 8.57. The molecule has 0 heterocycles. The Hall–Kier alpha value is -0.900. The van der Waals surface area contributed by atoms with E-state index in [0.717, 1.165) is 5.56 Å². The molecule has 26 heavy (non-hydrogen) atoms. The molecule has 0 saturated heterocycles. The monoisotopic (exact) mass is 505 g/mol. The van der Waals surface area contributed by atoms with Gasteiger partial charge in [0.2, 0.25) is 0 Å². The van der Waals surface area contributed by atoms with Gasteiger partial charge in [0.25, 0.3) is 0 Å². The number of hydrogen-bond acceptors (Lipinski definition) is 2. The first-order valence-electron chi connectivity index (χ1n) is 8.19. The Morgan fingerprint density at radius 3 is 2.46 bits per heavy atom. The molecule has 2 rings (SSSR count). The van der Waals surface area contributed by atoms with Crippen LogP contribution in [0.15, 0.2) is 23.2 Å². The molecule has 0 bridgehead atoms. The summed E-state index contributed by atoms with van der Waals surface area (Å²) in [5.74, 6) is 0.0486. The Bertz CT molecular complexity index is 605. The summed E-state index contributed by atoms with van der Waals surface area (Å²) in [5.41, 5.74) is 0.913. The van der Waals surface area contributed by atoms with E-state index in [4.69, 9.17) is 16.3 Å². The molecule has 0 aliphatic heterocycles. The van der Waals surface area contributed by atoms with Crippen LogP contribution in [-0.2, 0) is 6.54 Å². The van der Waals surface area contributed by atoms with Gasteiger partial charge >= 0.3 is 6.18 Å². The highest BCUT2D eigenvalue weighted by Gasteiger charge is 2.41. The number of nitrogens with zero attached hydrogens (tertiary/aromatic N) is 1. The van der Waals surface area contributed by atoms with E-state index >= 15 is 0 Å². The molecular weight excluding hydrogens is 482 g/mol. The zero-order valence-corrected chi connectivity index (χ0v) is 17.8. The number of benzene rings is 1. The van der Waals surface area contributed by atoms with Crippen molar-refractivity contribution in [3.05, 3.63) is 28.8 Å². The number of aliphatic imine (C=N–C) groups is 1. The molecule has 148 valence electrons. The standard InChI is InChI=1S/C17H23ClF3N3O.HI/c1-22-16(23-10-11-3-6-13(18)9-15(11)25-2)24-14-7-4-12(5-8-14)17(19,20)21;/h3,6,9,12,14H,4-5,7-8,10H2,1-2H3,(H2,22,23,24);1H. The van der Waals surface area contributed by atoms with Gasteiger partial charge in [0, 0.05) is 30.2 Å². The molecule has 0 atom stereocenters. The second-order valence-corrected chi connectivity index (χ2v) is 6.55. The molecule has 1 saturated carbocycles. The lowest BCUT2D eigenvalue weighted by molar-refractivity contribution is -0.182. The summed E-state index contributed by atoms with van der Waals surface area (Å²) in [6.07, 6.45) is -2.81. The largest absolute Gasteiger partial charge is 0.496 e. The number of alkyl halides is 3. The molecule has 1 aromatic carbocycles. The SMILES string of the molecule is CN=C(NCc1ccc(Cl)cc1OC)NC1CCC(C(F)(F)F)CC1.I. The van der Waals surface area contributed by atoms with Crippen LogP contribution in [0.1, 0.15) is 31.2 Å². The Kier molecular flexibility index (Phi) is 9.29. The number of hydrogen-bond donors (Lipinski definition) is 2. The van der Waals surface area contributed by atoms with Crippen LogP contribution in [0.4, 0.5) is 13.2 Å². The number of ether oxygens (including phenoxy) is 1. The van der Waals surface area contributed by atoms with Gasteiger partial charge in [0.1, 0.15) is 5.75 Å². The third-order valence-electron chi connectivity index (χ3n) is 4.45. The van der Waals surface area contributed by atoms with Crippen molar-refractivity contribution in [2.45, 2.75) is 44.4 Å². The summed E-state index contributed by atoms with van der Waals surface area (Å²) in [5, 5.41) is 6.95. The van der Waals surface area contributed by atoms with Gasteiger partial charge in [-0.05, 0) is 37.8 Å². The Morgan fingerprint density at radius 1 is 1.27 bits per heavy atom. The normalized spacial score (nSPS) is 20.9. The fourth-order valence-electron chi connectivity index (χ4n) is 3.00. The number of methoxy groups -OCH3 is 1. The van der Waals surface area contributed by atoms with Gasteiger partial charge in [-0.15, -0.1) is 24.0 Å². The molecule has 1 aliphatic carbocycles. The summed E-state index contributed by atoms with van der Waals surface area (Å²) < 4.78 is 43.5. The zero-order valence-electron chi connectivity index (χ0n) is 14.7. The van der Waals surface area contributed by atoms with Crippen molar-refractivity contribution < 1.29 is 17.9 Å². The van der Waals surface area contributed by atoms with E-state index in [9.17, 15) is 13.2 Å². The van der Waals surface area contributed by atoms with Crippen LogP contribution in [0, 0.1) is 5.92 Å². The van der Waals surface area contributed by atoms with Crippen molar-refractivity contribution in [2.75, 3.05) is 14.2 Å². The van der Waals surface area contributed by atoms with Gasteiger partial charge in [0.05, 0.1) is 13.0 Å². The van der Waals surface area contributed by atoms with Crippen LogP contribution in [-0.4, -0.2) is 32.3 Å². The van der Waals surface area contributed by atoms with Crippen molar-refractivity contribution in [2.24, 2.45) is 10.9 Å². The molecule has 0 radical (unpaired) electrons. The average Bonchev–Trinajstić information content (AvgIpc) is 2.58. The third kappa shape index (κ3) is 6.68. The quantitative estimate of drug-likeness (QED) is 0.353. The minimum atomic E-state index is -4.09. The van der Waals surface area contributed by atoms with Gasteiger partial charge < -0.3 is 15.4 Å². The fraction of sp³-hybridized carbons (Fsp3) is 0.588. The summed E-state index contributed by atoms with van der Waals surface area (Å²) in [4.78, 5) is 4.14. The van der Waals surface area contributed by atoms with Crippen molar-refractivity contribution >= 4 is 41.5 Å². The van der Waals surface area contributed by atoms with Crippen LogP contribution < -0.4 is 15.4 Å². The van der Waals surface area contributed by atoms with Gasteiger partial charge in [-0.3, -0.25) is 4.99 Å². The lowest BCUT2D eigenvalue weighted by Crippen LogP contribution is -2.45. The fourth-order valence-corrected chi connectivity index (χ4v) is 3.16. The zero-order chi connectivity index (χ0) is 18.4. The summed E-state index contributed by atoms with van der Waals surface area (Å²) >= 11 is 5.94.